The predicted molar refractivity (Wildman–Crippen MR) is 79.6 cm³/mol. The van der Waals surface area contributed by atoms with Crippen LogP contribution in [0.1, 0.15) is 18.5 Å². The van der Waals surface area contributed by atoms with E-state index in [-0.39, 0.29) is 10.8 Å². The number of ether oxygens (including phenoxy) is 1. The standard InChI is InChI=1S/C14H13ClN4O3/c1-7-10(13(21)22-2)12(19-14(18-7)16-6-17-19)8-4-3-5-9(20)11(8)15/h3-6,12,20H,1-2H3,(H,16,17,18)/t12-/m1/s1. The predicted octanol–water partition coefficient (Wildman–Crippen LogP) is 2.10. The maximum atomic E-state index is 12.2. The molecule has 2 aromatic rings. The molecule has 0 unspecified atom stereocenters. The summed E-state index contributed by atoms with van der Waals surface area (Å²) in [5.41, 5.74) is 1.49. The van der Waals surface area contributed by atoms with Crippen LogP contribution in [0.3, 0.4) is 0 Å². The summed E-state index contributed by atoms with van der Waals surface area (Å²) in [5, 5.41) is 17.2. The topological polar surface area (TPSA) is 89.3 Å². The molecule has 0 spiro atoms. The molecule has 7 nitrogen and oxygen atoms in total. The quantitative estimate of drug-likeness (QED) is 0.824. The number of carbonyl (C=O) groups is 1. The maximum Gasteiger partial charge on any atom is 0.338 e. The van der Waals surface area contributed by atoms with Crippen LogP contribution in [-0.4, -0.2) is 33.0 Å². The largest absolute Gasteiger partial charge is 0.506 e. The van der Waals surface area contributed by atoms with Crippen LogP contribution in [0, 0.1) is 0 Å². The summed E-state index contributed by atoms with van der Waals surface area (Å²) in [6, 6.07) is 4.22. The molecule has 0 fully saturated rings. The van der Waals surface area contributed by atoms with Crippen molar-refractivity contribution in [1.29, 1.82) is 0 Å². The molecular formula is C14H13ClN4O3. The maximum absolute atomic E-state index is 12.2. The molecule has 1 aliphatic heterocycles. The number of fused-ring (bicyclic) bond motifs is 1. The van der Waals surface area contributed by atoms with Gasteiger partial charge >= 0.3 is 5.97 Å². The summed E-state index contributed by atoms with van der Waals surface area (Å²) in [5.74, 6) is -0.0913. The first-order valence-electron chi connectivity index (χ1n) is 6.47. The van der Waals surface area contributed by atoms with Crippen LogP contribution < -0.4 is 5.32 Å². The van der Waals surface area contributed by atoms with Gasteiger partial charge in [-0.3, -0.25) is 0 Å². The minimum Gasteiger partial charge on any atom is -0.506 e. The molecule has 0 aliphatic carbocycles. The number of anilines is 1. The molecule has 0 radical (unpaired) electrons. The Morgan fingerprint density at radius 1 is 1.50 bits per heavy atom. The fourth-order valence-corrected chi connectivity index (χ4v) is 2.73. The summed E-state index contributed by atoms with van der Waals surface area (Å²) < 4.78 is 6.40. The van der Waals surface area contributed by atoms with E-state index in [1.54, 1.807) is 19.1 Å². The third kappa shape index (κ3) is 2.10. The van der Waals surface area contributed by atoms with Crippen molar-refractivity contribution in [3.8, 4) is 5.75 Å². The van der Waals surface area contributed by atoms with Gasteiger partial charge < -0.3 is 15.2 Å². The minimum atomic E-state index is -0.634. The number of aromatic hydroxyl groups is 1. The highest BCUT2D eigenvalue weighted by molar-refractivity contribution is 6.33. The lowest BCUT2D eigenvalue weighted by atomic mass is 9.95. The molecular weight excluding hydrogens is 308 g/mol. The van der Waals surface area contributed by atoms with Crippen molar-refractivity contribution in [3.05, 3.63) is 46.4 Å². The first-order valence-corrected chi connectivity index (χ1v) is 6.85. The van der Waals surface area contributed by atoms with Gasteiger partial charge in [0.25, 0.3) is 0 Å². The van der Waals surface area contributed by atoms with Gasteiger partial charge in [-0.15, -0.1) is 0 Å². The van der Waals surface area contributed by atoms with E-state index in [1.807, 2.05) is 0 Å². The highest BCUT2D eigenvalue weighted by Gasteiger charge is 2.35. The Bertz CT molecular complexity index is 784. The Hall–Kier alpha value is -2.54. The van der Waals surface area contributed by atoms with Crippen LogP contribution in [0.2, 0.25) is 5.02 Å². The molecule has 2 heterocycles. The van der Waals surface area contributed by atoms with Crippen LogP contribution in [-0.2, 0) is 9.53 Å². The van der Waals surface area contributed by atoms with E-state index in [1.165, 1.54) is 24.2 Å². The average molecular weight is 321 g/mol. The number of rotatable bonds is 2. The second kappa shape index (κ2) is 5.34. The number of halogens is 1. The Labute approximate surface area is 131 Å². The van der Waals surface area contributed by atoms with Gasteiger partial charge in [-0.05, 0) is 13.0 Å². The number of phenols is 1. The number of aromatic nitrogens is 3. The van der Waals surface area contributed by atoms with Crippen LogP contribution in [0.5, 0.6) is 5.75 Å². The van der Waals surface area contributed by atoms with Crippen molar-refractivity contribution in [2.24, 2.45) is 0 Å². The molecule has 1 aromatic heterocycles. The molecule has 0 saturated carbocycles. The molecule has 1 aliphatic rings. The molecule has 1 aromatic carbocycles. The normalized spacial score (nSPS) is 17.0. The van der Waals surface area contributed by atoms with E-state index >= 15 is 0 Å². The van der Waals surface area contributed by atoms with Gasteiger partial charge in [-0.25, -0.2) is 9.48 Å². The zero-order valence-electron chi connectivity index (χ0n) is 11.9. The van der Waals surface area contributed by atoms with E-state index in [2.05, 4.69) is 15.4 Å². The summed E-state index contributed by atoms with van der Waals surface area (Å²) in [7, 11) is 1.31. The molecule has 0 bridgehead atoms. The third-order valence-electron chi connectivity index (χ3n) is 3.50. The molecule has 0 amide bonds. The summed E-state index contributed by atoms with van der Waals surface area (Å²) in [4.78, 5) is 16.3. The van der Waals surface area contributed by atoms with Crippen molar-refractivity contribution in [3.63, 3.8) is 0 Å². The Morgan fingerprint density at radius 3 is 3.00 bits per heavy atom. The highest BCUT2D eigenvalue weighted by Crippen LogP contribution is 2.40. The van der Waals surface area contributed by atoms with Gasteiger partial charge in [0.2, 0.25) is 5.95 Å². The molecule has 1 atom stereocenters. The second-order valence-corrected chi connectivity index (χ2v) is 5.14. The number of methoxy groups -OCH3 is 1. The van der Waals surface area contributed by atoms with Gasteiger partial charge in [0.1, 0.15) is 18.1 Å². The minimum absolute atomic E-state index is 0.0683. The number of nitrogens with one attached hydrogen (secondary N) is 1. The fraction of sp³-hybridized carbons (Fsp3) is 0.214. The fourth-order valence-electron chi connectivity index (χ4n) is 2.50. The second-order valence-electron chi connectivity index (χ2n) is 4.77. The highest BCUT2D eigenvalue weighted by atomic mass is 35.5. The van der Waals surface area contributed by atoms with Crippen molar-refractivity contribution < 1.29 is 14.6 Å². The summed E-state index contributed by atoms with van der Waals surface area (Å²) in [6.07, 6.45) is 1.37. The SMILES string of the molecule is COC(=O)C1=C(C)Nc2ncnn2[C@@H]1c1cccc(O)c1Cl. The van der Waals surface area contributed by atoms with Crippen molar-refractivity contribution in [2.45, 2.75) is 13.0 Å². The average Bonchev–Trinajstić information content (AvgIpc) is 2.96. The molecule has 22 heavy (non-hydrogen) atoms. The number of nitrogens with zero attached hydrogens (tertiary/aromatic N) is 3. The van der Waals surface area contributed by atoms with Crippen LogP contribution in [0.15, 0.2) is 35.8 Å². The zero-order chi connectivity index (χ0) is 15.9. The monoisotopic (exact) mass is 320 g/mol. The Morgan fingerprint density at radius 2 is 2.27 bits per heavy atom. The number of esters is 1. The smallest absolute Gasteiger partial charge is 0.338 e. The number of hydrogen-bond donors (Lipinski definition) is 2. The summed E-state index contributed by atoms with van der Waals surface area (Å²) >= 11 is 6.21. The number of phenolic OH excluding ortho intramolecular Hbond substituents is 1. The first kappa shape index (κ1) is 14.4. The van der Waals surface area contributed by atoms with Crippen LogP contribution in [0.25, 0.3) is 0 Å². The molecule has 3 rings (SSSR count). The van der Waals surface area contributed by atoms with E-state index in [0.29, 0.717) is 22.8 Å². The lowest BCUT2D eigenvalue weighted by Crippen LogP contribution is -2.29. The summed E-state index contributed by atoms with van der Waals surface area (Å²) in [6.45, 7) is 1.74. The van der Waals surface area contributed by atoms with Gasteiger partial charge in [-0.2, -0.15) is 10.1 Å². The number of benzene rings is 1. The van der Waals surface area contributed by atoms with E-state index < -0.39 is 12.0 Å². The molecule has 0 saturated heterocycles. The van der Waals surface area contributed by atoms with Gasteiger partial charge in [-0.1, -0.05) is 23.7 Å². The Balaban J connectivity index is 2.25. The molecule has 2 N–H and O–H groups in total. The van der Waals surface area contributed by atoms with Crippen molar-refractivity contribution >= 4 is 23.5 Å². The molecule has 8 heteroatoms. The van der Waals surface area contributed by atoms with Crippen molar-refractivity contribution in [1.82, 2.24) is 14.8 Å². The van der Waals surface area contributed by atoms with Gasteiger partial charge in [0.15, 0.2) is 0 Å². The number of allylic oxidation sites excluding steroid dienone is 1. The van der Waals surface area contributed by atoms with E-state index in [0.717, 1.165) is 0 Å². The number of hydrogen-bond acceptors (Lipinski definition) is 6. The van der Waals surface area contributed by atoms with Gasteiger partial charge in [0.05, 0.1) is 17.7 Å². The zero-order valence-corrected chi connectivity index (χ0v) is 12.6. The van der Waals surface area contributed by atoms with Crippen LogP contribution in [0.4, 0.5) is 5.95 Å². The van der Waals surface area contributed by atoms with Crippen LogP contribution >= 0.6 is 11.6 Å². The van der Waals surface area contributed by atoms with Crippen molar-refractivity contribution in [2.75, 3.05) is 12.4 Å². The first-order chi connectivity index (χ1) is 10.5. The Kier molecular flexibility index (Phi) is 3.50. The third-order valence-corrected chi connectivity index (χ3v) is 3.91. The van der Waals surface area contributed by atoms with Gasteiger partial charge in [0, 0.05) is 11.3 Å². The molecule has 114 valence electrons. The van der Waals surface area contributed by atoms with E-state index in [9.17, 15) is 9.90 Å². The lowest BCUT2D eigenvalue weighted by molar-refractivity contribution is -0.136. The lowest BCUT2D eigenvalue weighted by Gasteiger charge is -2.28. The number of carbonyl (C=O) groups excluding carboxylic acids is 1. The van der Waals surface area contributed by atoms with E-state index in [4.69, 9.17) is 16.3 Å².